The molecule has 0 fully saturated rings. The largest absolute Gasteiger partial charge is 1.00 e. The van der Waals surface area contributed by atoms with Crippen molar-refractivity contribution in [3.05, 3.63) is 65.7 Å². The van der Waals surface area contributed by atoms with Crippen molar-refractivity contribution in [2.45, 2.75) is 6.42 Å². The number of benzene rings is 2. The second kappa shape index (κ2) is 10.1. The molecule has 0 amide bonds. The van der Waals surface area contributed by atoms with E-state index in [9.17, 15) is 4.79 Å². The Labute approximate surface area is 150 Å². The summed E-state index contributed by atoms with van der Waals surface area (Å²) in [6.45, 7) is 1.77. The Kier molecular flexibility index (Phi) is 9.29. The van der Waals surface area contributed by atoms with Gasteiger partial charge in [-0.05, 0) is 24.3 Å². The lowest BCUT2D eigenvalue weighted by Crippen LogP contribution is -3.00. The summed E-state index contributed by atoms with van der Waals surface area (Å²) in [7, 11) is 6.51. The van der Waals surface area contributed by atoms with Crippen LogP contribution in [-0.2, 0) is 0 Å². The van der Waals surface area contributed by atoms with E-state index in [0.717, 1.165) is 23.2 Å². The first kappa shape index (κ1) is 22.1. The van der Waals surface area contributed by atoms with E-state index < -0.39 is 0 Å². The van der Waals surface area contributed by atoms with Gasteiger partial charge in [0.25, 0.3) is 0 Å². The quantitative estimate of drug-likeness (QED) is 0.386. The van der Waals surface area contributed by atoms with Crippen LogP contribution in [0.2, 0.25) is 0 Å². The highest BCUT2D eigenvalue weighted by molar-refractivity contribution is 6.08. The molecule has 0 aliphatic rings. The molecule has 0 bridgehead atoms. The van der Waals surface area contributed by atoms with Crippen LogP contribution in [0.25, 0.3) is 0 Å². The molecule has 0 saturated heterocycles. The monoisotopic (exact) mass is 351 g/mol. The standard InChI is InChI=1S/C19H24NO2.ClH.H2O/c1-20(2,3)14-7-15-22-18-12-10-17(11-13-18)19(21)16-8-5-4-6-9-16;;/h4-6,8-13H,7,14-15H2,1-3H3;1H;1H2/q+1;;/p-1. The molecule has 2 N–H and O–H groups in total. The molecule has 2 rings (SSSR count). The first-order valence-corrected chi connectivity index (χ1v) is 7.59. The number of nitrogens with zero attached hydrogens (tertiary/aromatic N) is 1. The molecule has 0 atom stereocenters. The summed E-state index contributed by atoms with van der Waals surface area (Å²) >= 11 is 0. The summed E-state index contributed by atoms with van der Waals surface area (Å²) in [5.74, 6) is 0.850. The highest BCUT2D eigenvalue weighted by Crippen LogP contribution is 2.15. The summed E-state index contributed by atoms with van der Waals surface area (Å²) in [6, 6.07) is 16.7. The minimum Gasteiger partial charge on any atom is -1.00 e. The number of ketones is 1. The van der Waals surface area contributed by atoms with Crippen molar-refractivity contribution >= 4 is 5.78 Å². The van der Waals surface area contributed by atoms with Gasteiger partial charge in [-0.1, -0.05) is 30.3 Å². The highest BCUT2D eigenvalue weighted by atomic mass is 35.5. The molecule has 4 nitrogen and oxygen atoms in total. The summed E-state index contributed by atoms with van der Waals surface area (Å²) in [5, 5.41) is 0. The lowest BCUT2D eigenvalue weighted by Gasteiger charge is -2.23. The van der Waals surface area contributed by atoms with E-state index >= 15 is 0 Å². The van der Waals surface area contributed by atoms with Gasteiger partial charge in [0.15, 0.2) is 5.78 Å². The van der Waals surface area contributed by atoms with Crippen LogP contribution in [0, 0.1) is 0 Å². The zero-order chi connectivity index (χ0) is 16.0. The van der Waals surface area contributed by atoms with E-state index in [1.807, 2.05) is 54.6 Å². The van der Waals surface area contributed by atoms with E-state index in [-0.39, 0.29) is 23.7 Å². The maximum atomic E-state index is 12.3. The number of hydrogen-bond acceptors (Lipinski definition) is 2. The number of halogens is 1. The van der Waals surface area contributed by atoms with Crippen LogP contribution < -0.4 is 17.1 Å². The number of carbonyl (C=O) groups is 1. The summed E-state index contributed by atoms with van der Waals surface area (Å²) in [6.07, 6.45) is 1.01. The Hall–Kier alpha value is -1.88. The SMILES string of the molecule is C[N+](C)(C)CCCOc1ccc(C(=O)c2ccccc2)cc1.O.[Cl-]. The van der Waals surface area contributed by atoms with Crippen LogP contribution in [0.5, 0.6) is 5.75 Å². The van der Waals surface area contributed by atoms with Gasteiger partial charge in [0.2, 0.25) is 0 Å². The van der Waals surface area contributed by atoms with Gasteiger partial charge in [-0.25, -0.2) is 0 Å². The summed E-state index contributed by atoms with van der Waals surface area (Å²) in [5.41, 5.74) is 1.39. The van der Waals surface area contributed by atoms with Crippen molar-refractivity contribution in [1.82, 2.24) is 0 Å². The Morgan fingerprint density at radius 3 is 2.00 bits per heavy atom. The molecule has 0 radical (unpaired) electrons. The average Bonchev–Trinajstić information content (AvgIpc) is 2.51. The van der Waals surface area contributed by atoms with Gasteiger partial charge in [0, 0.05) is 17.5 Å². The fraction of sp³-hybridized carbons (Fsp3) is 0.316. The molecule has 0 aromatic heterocycles. The van der Waals surface area contributed by atoms with Crippen molar-refractivity contribution in [3.8, 4) is 5.75 Å². The second-order valence-corrected chi connectivity index (χ2v) is 6.44. The lowest BCUT2D eigenvalue weighted by molar-refractivity contribution is -0.870. The number of quaternary nitrogens is 1. The average molecular weight is 352 g/mol. The lowest BCUT2D eigenvalue weighted by atomic mass is 10.0. The first-order valence-electron chi connectivity index (χ1n) is 7.59. The fourth-order valence-corrected chi connectivity index (χ4v) is 2.19. The summed E-state index contributed by atoms with van der Waals surface area (Å²) < 4.78 is 6.66. The molecule has 2 aromatic rings. The van der Waals surface area contributed by atoms with Gasteiger partial charge in [0.1, 0.15) is 5.75 Å². The Balaban J connectivity index is 0.00000264. The van der Waals surface area contributed by atoms with Crippen LogP contribution in [0.15, 0.2) is 54.6 Å². The molecule has 5 heteroatoms. The third-order valence-corrected chi connectivity index (χ3v) is 3.39. The van der Waals surface area contributed by atoms with Crippen molar-refractivity contribution in [3.63, 3.8) is 0 Å². The third kappa shape index (κ3) is 7.13. The van der Waals surface area contributed by atoms with Crippen molar-refractivity contribution in [1.29, 1.82) is 0 Å². The number of hydrogen-bond donors (Lipinski definition) is 0. The fourth-order valence-electron chi connectivity index (χ4n) is 2.19. The molecule has 24 heavy (non-hydrogen) atoms. The van der Waals surface area contributed by atoms with Crippen LogP contribution in [-0.4, -0.2) is 50.0 Å². The first-order chi connectivity index (χ1) is 10.5. The molecule has 0 unspecified atom stereocenters. The zero-order valence-corrected chi connectivity index (χ0v) is 15.2. The highest BCUT2D eigenvalue weighted by Gasteiger charge is 2.09. The van der Waals surface area contributed by atoms with Gasteiger partial charge in [0.05, 0.1) is 34.3 Å². The van der Waals surface area contributed by atoms with E-state index in [4.69, 9.17) is 4.74 Å². The minimum absolute atomic E-state index is 0. The Morgan fingerprint density at radius 2 is 1.46 bits per heavy atom. The molecule has 0 heterocycles. The molecule has 0 aliphatic carbocycles. The van der Waals surface area contributed by atoms with Gasteiger partial charge in [-0.15, -0.1) is 0 Å². The maximum absolute atomic E-state index is 12.3. The number of carbonyl (C=O) groups excluding carboxylic acids is 1. The number of ether oxygens (including phenoxy) is 1. The molecule has 0 saturated carbocycles. The smallest absolute Gasteiger partial charge is 0.193 e. The maximum Gasteiger partial charge on any atom is 0.193 e. The van der Waals surface area contributed by atoms with Crippen molar-refractivity contribution in [2.75, 3.05) is 34.3 Å². The van der Waals surface area contributed by atoms with E-state index in [1.54, 1.807) is 0 Å². The third-order valence-electron chi connectivity index (χ3n) is 3.39. The summed E-state index contributed by atoms with van der Waals surface area (Å²) in [4.78, 5) is 12.3. The van der Waals surface area contributed by atoms with Crippen molar-refractivity contribution < 1.29 is 31.9 Å². The topological polar surface area (TPSA) is 57.8 Å². The van der Waals surface area contributed by atoms with Crippen LogP contribution in [0.1, 0.15) is 22.3 Å². The Bertz CT molecular complexity index is 607. The van der Waals surface area contributed by atoms with Crippen LogP contribution in [0.4, 0.5) is 0 Å². The Morgan fingerprint density at radius 1 is 0.917 bits per heavy atom. The predicted molar refractivity (Wildman–Crippen MR) is 92.9 cm³/mol. The van der Waals surface area contributed by atoms with E-state index in [2.05, 4.69) is 21.1 Å². The van der Waals surface area contributed by atoms with Crippen LogP contribution in [0.3, 0.4) is 0 Å². The van der Waals surface area contributed by atoms with Gasteiger partial charge >= 0.3 is 0 Å². The molecular formula is C19H26ClNO3. The number of rotatable bonds is 7. The van der Waals surface area contributed by atoms with E-state index in [0.29, 0.717) is 17.7 Å². The van der Waals surface area contributed by atoms with Crippen LogP contribution >= 0.6 is 0 Å². The van der Waals surface area contributed by atoms with Gasteiger partial charge < -0.3 is 27.1 Å². The molecule has 132 valence electrons. The molecule has 2 aromatic carbocycles. The minimum atomic E-state index is 0. The molecule has 0 aliphatic heterocycles. The van der Waals surface area contributed by atoms with Gasteiger partial charge in [-0.3, -0.25) is 4.79 Å². The normalized spacial score (nSPS) is 10.3. The van der Waals surface area contributed by atoms with Gasteiger partial charge in [-0.2, -0.15) is 0 Å². The van der Waals surface area contributed by atoms with Crippen molar-refractivity contribution in [2.24, 2.45) is 0 Å². The second-order valence-electron chi connectivity index (χ2n) is 6.44. The van der Waals surface area contributed by atoms with E-state index in [1.165, 1.54) is 0 Å². The zero-order valence-electron chi connectivity index (χ0n) is 14.5. The molecule has 0 spiro atoms. The molecular weight excluding hydrogens is 326 g/mol. The predicted octanol–water partition coefficient (Wildman–Crippen LogP) is -0.428.